The Morgan fingerprint density at radius 2 is 1.86 bits per heavy atom. The van der Waals surface area contributed by atoms with Crippen molar-refractivity contribution >= 4 is 11.6 Å². The highest BCUT2D eigenvalue weighted by molar-refractivity contribution is 5.94. The van der Waals surface area contributed by atoms with Gasteiger partial charge in [-0.1, -0.05) is 24.6 Å². The Morgan fingerprint density at radius 1 is 1.18 bits per heavy atom. The molecule has 0 aliphatic heterocycles. The molecule has 4 heteroatoms. The van der Waals surface area contributed by atoms with Gasteiger partial charge in [0.05, 0.1) is 0 Å². The zero-order valence-electron chi connectivity index (χ0n) is 13.0. The van der Waals surface area contributed by atoms with E-state index in [0.29, 0.717) is 17.9 Å². The van der Waals surface area contributed by atoms with E-state index in [1.54, 1.807) is 0 Å². The quantitative estimate of drug-likeness (QED) is 0.897. The number of hydrogen-bond acceptors (Lipinski definition) is 2. The van der Waals surface area contributed by atoms with Gasteiger partial charge in [0.1, 0.15) is 11.6 Å². The van der Waals surface area contributed by atoms with Crippen LogP contribution in [0.1, 0.15) is 24.5 Å². The molecule has 2 aromatic rings. The summed E-state index contributed by atoms with van der Waals surface area (Å²) in [6.07, 6.45) is -0.0492. The molecule has 1 unspecified atom stereocenters. The van der Waals surface area contributed by atoms with Gasteiger partial charge >= 0.3 is 0 Å². The molecule has 0 fully saturated rings. The molecular weight excluding hydrogens is 281 g/mol. The van der Waals surface area contributed by atoms with Gasteiger partial charge < -0.3 is 10.1 Å². The predicted molar refractivity (Wildman–Crippen MR) is 85.7 cm³/mol. The van der Waals surface area contributed by atoms with E-state index in [0.717, 1.165) is 11.1 Å². The van der Waals surface area contributed by atoms with E-state index in [9.17, 15) is 9.18 Å². The molecule has 1 amide bonds. The monoisotopic (exact) mass is 301 g/mol. The van der Waals surface area contributed by atoms with Gasteiger partial charge in [-0.15, -0.1) is 0 Å². The molecule has 1 atom stereocenters. The van der Waals surface area contributed by atoms with Crippen LogP contribution in [0.15, 0.2) is 42.5 Å². The van der Waals surface area contributed by atoms with Crippen molar-refractivity contribution in [2.75, 3.05) is 5.32 Å². The first-order chi connectivity index (χ1) is 10.5. The first-order valence-electron chi connectivity index (χ1n) is 7.30. The average Bonchev–Trinajstić information content (AvgIpc) is 2.49. The van der Waals surface area contributed by atoms with Gasteiger partial charge in [0.25, 0.3) is 5.91 Å². The minimum atomic E-state index is -0.591. The third kappa shape index (κ3) is 4.07. The molecule has 0 radical (unpaired) electrons. The summed E-state index contributed by atoms with van der Waals surface area (Å²) in [4.78, 5) is 12.3. The number of halogens is 1. The second-order valence-electron chi connectivity index (χ2n) is 5.28. The third-order valence-electron chi connectivity index (χ3n) is 3.37. The number of rotatable bonds is 5. The van der Waals surface area contributed by atoms with Crippen LogP contribution in [0.25, 0.3) is 0 Å². The van der Waals surface area contributed by atoms with Gasteiger partial charge in [-0.25, -0.2) is 4.39 Å². The van der Waals surface area contributed by atoms with Crippen molar-refractivity contribution < 1.29 is 13.9 Å². The van der Waals surface area contributed by atoms with Crippen LogP contribution in [-0.4, -0.2) is 12.0 Å². The standard InChI is InChI=1S/C18H20FNO2/c1-4-16(22-17-10-5-12(2)11-13(17)3)18(21)20-15-8-6-14(19)7-9-15/h5-11,16H,4H2,1-3H3,(H,20,21). The Hall–Kier alpha value is -2.36. The smallest absolute Gasteiger partial charge is 0.265 e. The van der Waals surface area contributed by atoms with Gasteiger partial charge in [0.2, 0.25) is 0 Å². The summed E-state index contributed by atoms with van der Waals surface area (Å²) in [6, 6.07) is 11.5. The molecule has 116 valence electrons. The highest BCUT2D eigenvalue weighted by Crippen LogP contribution is 2.21. The fraction of sp³-hybridized carbons (Fsp3) is 0.278. The molecule has 2 rings (SSSR count). The van der Waals surface area contributed by atoms with Crippen LogP contribution in [0.5, 0.6) is 5.75 Å². The Kier molecular flexibility index (Phi) is 5.15. The maximum atomic E-state index is 12.9. The van der Waals surface area contributed by atoms with Crippen molar-refractivity contribution in [3.05, 3.63) is 59.4 Å². The van der Waals surface area contributed by atoms with E-state index < -0.39 is 6.10 Å². The largest absolute Gasteiger partial charge is 0.480 e. The van der Waals surface area contributed by atoms with Crippen molar-refractivity contribution in [3.63, 3.8) is 0 Å². The number of ether oxygens (including phenoxy) is 1. The van der Waals surface area contributed by atoms with Crippen molar-refractivity contribution in [1.29, 1.82) is 0 Å². The van der Waals surface area contributed by atoms with Crippen molar-refractivity contribution in [2.24, 2.45) is 0 Å². The minimum absolute atomic E-state index is 0.242. The second kappa shape index (κ2) is 7.07. The molecule has 2 aromatic carbocycles. The van der Waals surface area contributed by atoms with E-state index in [4.69, 9.17) is 4.74 Å². The maximum Gasteiger partial charge on any atom is 0.265 e. The van der Waals surface area contributed by atoms with Crippen LogP contribution < -0.4 is 10.1 Å². The second-order valence-corrected chi connectivity index (χ2v) is 5.28. The summed E-state index contributed by atoms with van der Waals surface area (Å²) in [5.74, 6) is 0.123. The van der Waals surface area contributed by atoms with E-state index in [2.05, 4.69) is 5.32 Å². The summed E-state index contributed by atoms with van der Waals surface area (Å²) >= 11 is 0. The topological polar surface area (TPSA) is 38.3 Å². The van der Waals surface area contributed by atoms with Gasteiger partial charge in [-0.05, 0) is 56.2 Å². The third-order valence-corrected chi connectivity index (χ3v) is 3.37. The molecule has 0 saturated heterocycles. The van der Waals surface area contributed by atoms with Gasteiger partial charge in [0, 0.05) is 5.69 Å². The van der Waals surface area contributed by atoms with Crippen LogP contribution in [-0.2, 0) is 4.79 Å². The Balaban J connectivity index is 2.07. The fourth-order valence-corrected chi connectivity index (χ4v) is 2.16. The van der Waals surface area contributed by atoms with E-state index in [1.807, 2.05) is 39.0 Å². The number of hydrogen-bond donors (Lipinski definition) is 1. The van der Waals surface area contributed by atoms with Crippen molar-refractivity contribution in [3.8, 4) is 5.75 Å². The Labute approximate surface area is 130 Å². The molecule has 0 spiro atoms. The van der Waals surface area contributed by atoms with E-state index in [-0.39, 0.29) is 11.7 Å². The molecule has 0 aliphatic rings. The molecule has 0 aliphatic carbocycles. The van der Waals surface area contributed by atoms with Crippen LogP contribution in [0, 0.1) is 19.7 Å². The summed E-state index contributed by atoms with van der Waals surface area (Å²) in [5, 5.41) is 2.74. The zero-order valence-corrected chi connectivity index (χ0v) is 13.0. The Bertz CT molecular complexity index is 653. The number of nitrogens with one attached hydrogen (secondary N) is 1. The van der Waals surface area contributed by atoms with Gasteiger partial charge in [0.15, 0.2) is 6.10 Å². The average molecular weight is 301 g/mol. The van der Waals surface area contributed by atoms with E-state index in [1.165, 1.54) is 24.3 Å². The zero-order chi connectivity index (χ0) is 16.1. The first kappa shape index (κ1) is 16.0. The normalized spacial score (nSPS) is 11.8. The SMILES string of the molecule is CCC(Oc1ccc(C)cc1C)C(=O)Nc1ccc(F)cc1. The highest BCUT2D eigenvalue weighted by Gasteiger charge is 2.19. The number of anilines is 1. The molecule has 22 heavy (non-hydrogen) atoms. The summed E-state index contributed by atoms with van der Waals surface area (Å²) < 4.78 is 18.7. The van der Waals surface area contributed by atoms with Crippen LogP contribution in [0.4, 0.5) is 10.1 Å². The minimum Gasteiger partial charge on any atom is -0.480 e. The maximum absolute atomic E-state index is 12.9. The molecule has 0 aromatic heterocycles. The lowest BCUT2D eigenvalue weighted by Crippen LogP contribution is -2.32. The fourth-order valence-electron chi connectivity index (χ4n) is 2.16. The van der Waals surface area contributed by atoms with Crippen LogP contribution in [0.3, 0.4) is 0 Å². The van der Waals surface area contributed by atoms with Gasteiger partial charge in [-0.2, -0.15) is 0 Å². The summed E-state index contributed by atoms with van der Waals surface area (Å²) in [7, 11) is 0. The summed E-state index contributed by atoms with van der Waals surface area (Å²) in [6.45, 7) is 5.85. The molecule has 3 nitrogen and oxygen atoms in total. The van der Waals surface area contributed by atoms with Crippen LogP contribution >= 0.6 is 0 Å². The van der Waals surface area contributed by atoms with E-state index >= 15 is 0 Å². The summed E-state index contributed by atoms with van der Waals surface area (Å²) in [5.41, 5.74) is 2.69. The lowest BCUT2D eigenvalue weighted by Gasteiger charge is -2.19. The number of amides is 1. The number of aryl methyl sites for hydroxylation is 2. The molecular formula is C18H20FNO2. The van der Waals surface area contributed by atoms with Gasteiger partial charge in [-0.3, -0.25) is 4.79 Å². The van der Waals surface area contributed by atoms with Crippen molar-refractivity contribution in [1.82, 2.24) is 0 Å². The highest BCUT2D eigenvalue weighted by atomic mass is 19.1. The Morgan fingerprint density at radius 3 is 2.45 bits per heavy atom. The molecule has 1 N–H and O–H groups in total. The predicted octanol–water partition coefficient (Wildman–Crippen LogP) is 4.24. The van der Waals surface area contributed by atoms with Crippen molar-refractivity contribution in [2.45, 2.75) is 33.3 Å². The number of carbonyl (C=O) groups is 1. The molecule has 0 bridgehead atoms. The lowest BCUT2D eigenvalue weighted by atomic mass is 10.1. The lowest BCUT2D eigenvalue weighted by molar-refractivity contribution is -0.122. The molecule has 0 saturated carbocycles. The molecule has 0 heterocycles. The first-order valence-corrected chi connectivity index (χ1v) is 7.30. The van der Waals surface area contributed by atoms with Crippen LogP contribution in [0.2, 0.25) is 0 Å². The number of benzene rings is 2. The number of carbonyl (C=O) groups excluding carboxylic acids is 1.